The highest BCUT2D eigenvalue weighted by Crippen LogP contribution is 2.27. The van der Waals surface area contributed by atoms with Crippen molar-refractivity contribution >= 4 is 21.4 Å². The van der Waals surface area contributed by atoms with Crippen LogP contribution < -0.4 is 15.2 Å². The second-order valence-electron chi connectivity index (χ2n) is 4.02. The average Bonchev–Trinajstić information content (AvgIpc) is 2.49. The Morgan fingerprint density at radius 3 is 2.81 bits per heavy atom. The van der Waals surface area contributed by atoms with Crippen molar-refractivity contribution in [2.75, 3.05) is 17.6 Å². The van der Waals surface area contributed by atoms with E-state index in [2.05, 4.69) is 9.71 Å². The predicted octanol–water partition coefficient (Wildman–Crippen LogP) is 1.34. The molecule has 0 atom stereocenters. The number of nitrogens with one attached hydrogen (secondary N) is 1. The van der Waals surface area contributed by atoms with Gasteiger partial charge in [-0.2, -0.15) is 5.26 Å². The van der Waals surface area contributed by atoms with Gasteiger partial charge in [-0.25, -0.2) is 13.4 Å². The number of sulfonamides is 1. The molecule has 0 saturated carbocycles. The molecule has 1 heterocycles. The molecule has 0 amide bonds. The van der Waals surface area contributed by atoms with Crippen LogP contribution in [-0.2, 0) is 10.0 Å². The maximum absolute atomic E-state index is 12.3. The van der Waals surface area contributed by atoms with Crippen LogP contribution in [0.15, 0.2) is 41.4 Å². The molecule has 108 valence electrons. The lowest BCUT2D eigenvalue weighted by Crippen LogP contribution is -2.16. The van der Waals surface area contributed by atoms with Crippen molar-refractivity contribution < 1.29 is 13.2 Å². The molecule has 0 radical (unpaired) electrons. The largest absolute Gasteiger partial charge is 0.497 e. The minimum atomic E-state index is -3.97. The van der Waals surface area contributed by atoms with Crippen LogP contribution in [0.25, 0.3) is 0 Å². The minimum absolute atomic E-state index is 0.169. The van der Waals surface area contributed by atoms with Crippen molar-refractivity contribution in [2.24, 2.45) is 0 Å². The summed E-state index contributed by atoms with van der Waals surface area (Å²) < 4.78 is 32.0. The number of benzene rings is 1. The Balaban J connectivity index is 2.45. The number of rotatable bonds is 4. The summed E-state index contributed by atoms with van der Waals surface area (Å²) in [6, 6.07) is 9.05. The molecular formula is C13H12N4O3S. The second-order valence-corrected chi connectivity index (χ2v) is 5.67. The summed E-state index contributed by atoms with van der Waals surface area (Å²) in [6.45, 7) is 0. The number of nitrogens with two attached hydrogens (primary N) is 1. The molecular weight excluding hydrogens is 292 g/mol. The van der Waals surface area contributed by atoms with Crippen molar-refractivity contribution in [3.8, 4) is 11.8 Å². The van der Waals surface area contributed by atoms with Gasteiger partial charge in [-0.1, -0.05) is 0 Å². The van der Waals surface area contributed by atoms with Crippen LogP contribution in [0.4, 0.5) is 11.4 Å². The van der Waals surface area contributed by atoms with Crippen LogP contribution in [0.3, 0.4) is 0 Å². The summed E-state index contributed by atoms with van der Waals surface area (Å²) in [5, 5.41) is 8.94. The fourth-order valence-corrected chi connectivity index (χ4v) is 2.83. The van der Waals surface area contributed by atoms with Crippen LogP contribution in [0.2, 0.25) is 0 Å². The summed E-state index contributed by atoms with van der Waals surface area (Å²) in [7, 11) is -2.52. The Bertz CT molecular complexity index is 812. The number of aromatic nitrogens is 1. The van der Waals surface area contributed by atoms with Gasteiger partial charge in [0.1, 0.15) is 16.7 Å². The van der Waals surface area contributed by atoms with Crippen LogP contribution >= 0.6 is 0 Å². The van der Waals surface area contributed by atoms with Gasteiger partial charge in [0.25, 0.3) is 10.0 Å². The monoisotopic (exact) mass is 304 g/mol. The van der Waals surface area contributed by atoms with Crippen LogP contribution in [0.1, 0.15) is 5.69 Å². The number of hydrogen-bond donors (Lipinski definition) is 2. The molecule has 21 heavy (non-hydrogen) atoms. The summed E-state index contributed by atoms with van der Waals surface area (Å²) in [4.78, 5) is 3.51. The van der Waals surface area contributed by atoms with Crippen molar-refractivity contribution in [1.82, 2.24) is 4.98 Å². The van der Waals surface area contributed by atoms with Gasteiger partial charge in [-0.3, -0.25) is 4.72 Å². The Morgan fingerprint density at radius 1 is 1.38 bits per heavy atom. The molecule has 7 nitrogen and oxygen atoms in total. The normalized spacial score (nSPS) is 10.7. The summed E-state index contributed by atoms with van der Waals surface area (Å²) in [6.07, 6.45) is 1.34. The number of nitriles is 1. The lowest BCUT2D eigenvalue weighted by atomic mass is 10.2. The number of anilines is 2. The van der Waals surface area contributed by atoms with Crippen LogP contribution in [0, 0.1) is 11.3 Å². The highest BCUT2D eigenvalue weighted by atomic mass is 32.2. The standard InChI is InChI=1S/C13H12N4O3S/c1-20-9-4-5-10(15)11(7-9)17-21(18,19)13-3-2-6-16-12(13)8-14/h2-7,17H,15H2,1H3. The Labute approximate surface area is 122 Å². The molecule has 3 N–H and O–H groups in total. The van der Waals surface area contributed by atoms with E-state index < -0.39 is 10.0 Å². The first kappa shape index (κ1) is 14.6. The van der Waals surface area contributed by atoms with Crippen LogP contribution in [0.5, 0.6) is 5.75 Å². The second kappa shape index (κ2) is 5.68. The van der Waals surface area contributed by atoms with Crippen molar-refractivity contribution in [3.63, 3.8) is 0 Å². The third kappa shape index (κ3) is 3.04. The zero-order valence-electron chi connectivity index (χ0n) is 11.1. The molecule has 0 aliphatic rings. The molecule has 2 aromatic rings. The van der Waals surface area contributed by atoms with Crippen molar-refractivity contribution in [2.45, 2.75) is 4.90 Å². The molecule has 0 aliphatic heterocycles. The fraction of sp³-hybridized carbons (Fsp3) is 0.0769. The van der Waals surface area contributed by atoms with Gasteiger partial charge < -0.3 is 10.5 Å². The van der Waals surface area contributed by atoms with E-state index >= 15 is 0 Å². The molecule has 1 aromatic carbocycles. The third-order valence-electron chi connectivity index (χ3n) is 2.67. The summed E-state index contributed by atoms with van der Waals surface area (Å²) in [5.41, 5.74) is 5.95. The van der Waals surface area contributed by atoms with Crippen LogP contribution in [-0.4, -0.2) is 20.5 Å². The first-order valence-electron chi connectivity index (χ1n) is 5.79. The zero-order chi connectivity index (χ0) is 15.5. The number of hydrogen-bond acceptors (Lipinski definition) is 6. The lowest BCUT2D eigenvalue weighted by Gasteiger charge is -2.12. The van der Waals surface area contributed by atoms with Crippen molar-refractivity contribution in [1.29, 1.82) is 5.26 Å². The van der Waals surface area contributed by atoms with E-state index in [4.69, 9.17) is 15.7 Å². The highest BCUT2D eigenvalue weighted by molar-refractivity contribution is 7.92. The molecule has 1 aromatic heterocycles. The molecule has 0 spiro atoms. The van der Waals surface area contributed by atoms with E-state index in [1.54, 1.807) is 12.1 Å². The quantitative estimate of drug-likeness (QED) is 0.823. The number of ether oxygens (including phenoxy) is 1. The molecule has 0 unspecified atom stereocenters. The smallest absolute Gasteiger partial charge is 0.264 e. The predicted molar refractivity (Wildman–Crippen MR) is 77.2 cm³/mol. The maximum Gasteiger partial charge on any atom is 0.264 e. The van der Waals surface area contributed by atoms with E-state index in [9.17, 15) is 8.42 Å². The van der Waals surface area contributed by atoms with Gasteiger partial charge in [0.05, 0.1) is 18.5 Å². The number of methoxy groups -OCH3 is 1. The average molecular weight is 304 g/mol. The van der Waals surface area contributed by atoms with E-state index in [-0.39, 0.29) is 22.0 Å². The molecule has 8 heteroatoms. The highest BCUT2D eigenvalue weighted by Gasteiger charge is 2.20. The molecule has 0 saturated heterocycles. The maximum atomic E-state index is 12.3. The Hall–Kier alpha value is -2.79. The number of nitrogens with zero attached hydrogens (tertiary/aromatic N) is 2. The van der Waals surface area contributed by atoms with Gasteiger partial charge in [-0.05, 0) is 24.3 Å². The number of nitrogen functional groups attached to an aromatic ring is 1. The SMILES string of the molecule is COc1ccc(N)c(NS(=O)(=O)c2cccnc2C#N)c1. The fourth-order valence-electron chi connectivity index (χ4n) is 1.64. The lowest BCUT2D eigenvalue weighted by molar-refractivity contribution is 0.415. The van der Waals surface area contributed by atoms with E-state index in [0.717, 1.165) is 0 Å². The summed E-state index contributed by atoms with van der Waals surface area (Å²) in [5.74, 6) is 0.452. The van der Waals surface area contributed by atoms with Gasteiger partial charge in [0, 0.05) is 12.3 Å². The molecule has 2 rings (SSSR count). The zero-order valence-corrected chi connectivity index (χ0v) is 11.9. The minimum Gasteiger partial charge on any atom is -0.497 e. The first-order chi connectivity index (χ1) is 9.97. The van der Waals surface area contributed by atoms with E-state index in [1.807, 2.05) is 0 Å². The van der Waals surface area contributed by atoms with E-state index in [0.29, 0.717) is 5.75 Å². The first-order valence-corrected chi connectivity index (χ1v) is 7.27. The van der Waals surface area contributed by atoms with Crippen molar-refractivity contribution in [3.05, 3.63) is 42.2 Å². The Kier molecular flexibility index (Phi) is 3.95. The summed E-state index contributed by atoms with van der Waals surface area (Å²) >= 11 is 0. The van der Waals surface area contributed by atoms with Gasteiger partial charge in [-0.15, -0.1) is 0 Å². The van der Waals surface area contributed by atoms with Gasteiger partial charge >= 0.3 is 0 Å². The molecule has 0 aliphatic carbocycles. The Morgan fingerprint density at radius 2 is 2.14 bits per heavy atom. The number of pyridine rings is 1. The van der Waals surface area contributed by atoms with Gasteiger partial charge in [0.2, 0.25) is 0 Å². The van der Waals surface area contributed by atoms with Gasteiger partial charge in [0.15, 0.2) is 5.69 Å². The topological polar surface area (TPSA) is 118 Å². The third-order valence-corrected chi connectivity index (χ3v) is 4.07. The molecule has 0 fully saturated rings. The molecule has 0 bridgehead atoms. The van der Waals surface area contributed by atoms with E-state index in [1.165, 1.54) is 37.6 Å².